The van der Waals surface area contributed by atoms with Crippen LogP contribution in [0.3, 0.4) is 0 Å². The van der Waals surface area contributed by atoms with E-state index in [1.54, 1.807) is 18.5 Å². The van der Waals surface area contributed by atoms with Crippen molar-refractivity contribution in [2.45, 2.75) is 0 Å². The second-order valence-corrected chi connectivity index (χ2v) is 3.08. The summed E-state index contributed by atoms with van der Waals surface area (Å²) in [5.41, 5.74) is 0. The van der Waals surface area contributed by atoms with Gasteiger partial charge in [-0.1, -0.05) is 23.2 Å². The Balaban J connectivity index is 2.89. The number of hydrogen-bond acceptors (Lipinski definition) is 2. The molecule has 4 heteroatoms. The third-order valence-corrected chi connectivity index (χ3v) is 2.04. The molecular weight excluding hydrogens is 195 g/mol. The molecule has 2 heterocycles. The van der Waals surface area contributed by atoms with Crippen molar-refractivity contribution >= 4 is 34.0 Å². The highest BCUT2D eigenvalue weighted by atomic mass is 35.5. The predicted octanol–water partition coefficient (Wildman–Crippen LogP) is 2.94. The molecule has 0 atom stereocenters. The van der Waals surface area contributed by atoms with E-state index in [1.165, 1.54) is 0 Å². The van der Waals surface area contributed by atoms with Crippen molar-refractivity contribution in [1.29, 1.82) is 0 Å². The van der Waals surface area contributed by atoms with E-state index in [1.807, 2.05) is 6.07 Å². The van der Waals surface area contributed by atoms with Gasteiger partial charge in [0.05, 0.1) is 0 Å². The lowest BCUT2D eigenvalue weighted by atomic mass is 10.2. The summed E-state index contributed by atoms with van der Waals surface area (Å²) in [6.07, 6.45) is 3.36. The van der Waals surface area contributed by atoms with Gasteiger partial charge in [-0.05, 0) is 17.5 Å². The van der Waals surface area contributed by atoms with Crippen molar-refractivity contribution in [2.75, 3.05) is 0 Å². The molecule has 0 saturated carbocycles. The van der Waals surface area contributed by atoms with Gasteiger partial charge in [0.15, 0.2) is 0 Å². The second kappa shape index (κ2) is 2.88. The summed E-state index contributed by atoms with van der Waals surface area (Å²) in [6.45, 7) is 0. The van der Waals surface area contributed by atoms with Gasteiger partial charge in [-0.25, -0.2) is 4.98 Å². The minimum atomic E-state index is 0.394. The predicted molar refractivity (Wildman–Crippen MR) is 49.6 cm³/mol. The smallest absolute Gasteiger partial charge is 0.140 e. The van der Waals surface area contributed by atoms with E-state index in [-0.39, 0.29) is 0 Å². The fourth-order valence-electron chi connectivity index (χ4n) is 1.02. The van der Waals surface area contributed by atoms with Crippen LogP contribution in [0.4, 0.5) is 0 Å². The van der Waals surface area contributed by atoms with Crippen molar-refractivity contribution in [1.82, 2.24) is 9.97 Å². The van der Waals surface area contributed by atoms with Crippen molar-refractivity contribution in [3.63, 3.8) is 0 Å². The van der Waals surface area contributed by atoms with Crippen molar-refractivity contribution in [3.05, 3.63) is 34.8 Å². The lowest BCUT2D eigenvalue weighted by Crippen LogP contribution is -1.81. The van der Waals surface area contributed by atoms with E-state index in [0.717, 1.165) is 10.8 Å². The molecule has 2 aromatic rings. The van der Waals surface area contributed by atoms with Crippen LogP contribution in [0, 0.1) is 0 Å². The normalized spacial score (nSPS) is 10.5. The quantitative estimate of drug-likeness (QED) is 0.609. The van der Waals surface area contributed by atoms with Crippen LogP contribution in [-0.2, 0) is 0 Å². The van der Waals surface area contributed by atoms with E-state index in [0.29, 0.717) is 10.3 Å². The molecule has 2 aromatic heterocycles. The van der Waals surface area contributed by atoms with Gasteiger partial charge in [0.25, 0.3) is 0 Å². The van der Waals surface area contributed by atoms with Crippen LogP contribution >= 0.6 is 23.2 Å². The molecular formula is C8H4Cl2N2. The van der Waals surface area contributed by atoms with Crippen LogP contribution in [0.15, 0.2) is 24.5 Å². The molecule has 0 unspecified atom stereocenters. The summed E-state index contributed by atoms with van der Waals surface area (Å²) in [7, 11) is 0. The second-order valence-electron chi connectivity index (χ2n) is 2.33. The minimum absolute atomic E-state index is 0.394. The zero-order valence-corrected chi connectivity index (χ0v) is 7.47. The molecule has 0 aliphatic heterocycles. The number of nitrogens with zero attached hydrogens (tertiary/aromatic N) is 2. The lowest BCUT2D eigenvalue weighted by Gasteiger charge is -1.98. The number of aromatic nitrogens is 2. The zero-order chi connectivity index (χ0) is 8.55. The monoisotopic (exact) mass is 198 g/mol. The fourth-order valence-corrected chi connectivity index (χ4v) is 1.51. The molecule has 0 saturated heterocycles. The molecule has 0 fully saturated rings. The summed E-state index contributed by atoms with van der Waals surface area (Å²) in [5.74, 6) is 0. The van der Waals surface area contributed by atoms with Gasteiger partial charge in [0.1, 0.15) is 10.3 Å². The van der Waals surface area contributed by atoms with Gasteiger partial charge in [-0.2, -0.15) is 0 Å². The van der Waals surface area contributed by atoms with Crippen LogP contribution in [0.5, 0.6) is 0 Å². The first-order valence-corrected chi connectivity index (χ1v) is 4.09. The van der Waals surface area contributed by atoms with E-state index < -0.39 is 0 Å². The third-order valence-electron chi connectivity index (χ3n) is 1.56. The van der Waals surface area contributed by atoms with Crippen LogP contribution in [0.2, 0.25) is 10.3 Å². The molecule has 2 rings (SSSR count). The Bertz CT molecular complexity index is 428. The lowest BCUT2D eigenvalue weighted by molar-refractivity contribution is 1.32. The van der Waals surface area contributed by atoms with E-state index in [4.69, 9.17) is 23.2 Å². The van der Waals surface area contributed by atoms with Crippen molar-refractivity contribution < 1.29 is 0 Å². The van der Waals surface area contributed by atoms with Crippen LogP contribution in [0.1, 0.15) is 0 Å². The first-order valence-electron chi connectivity index (χ1n) is 3.33. The third kappa shape index (κ3) is 1.24. The van der Waals surface area contributed by atoms with Gasteiger partial charge in [0, 0.05) is 17.8 Å². The molecule has 0 aliphatic carbocycles. The van der Waals surface area contributed by atoms with Gasteiger partial charge in [0.2, 0.25) is 0 Å². The Labute approximate surface area is 79.2 Å². The first-order chi connectivity index (χ1) is 5.77. The number of pyridine rings is 2. The van der Waals surface area contributed by atoms with Gasteiger partial charge in [-0.15, -0.1) is 0 Å². The standard InChI is InChI=1S/C8H4Cl2N2/c9-7-3-5-1-2-11-4-6(5)8(10)12-7/h1-4H. The SMILES string of the molecule is Clc1cc2ccncc2c(Cl)n1. The number of fused-ring (bicyclic) bond motifs is 1. The highest BCUT2D eigenvalue weighted by Gasteiger charge is 2.01. The summed E-state index contributed by atoms with van der Waals surface area (Å²) in [4.78, 5) is 7.83. The number of rotatable bonds is 0. The Morgan fingerprint density at radius 2 is 2.08 bits per heavy atom. The Morgan fingerprint density at radius 1 is 1.25 bits per heavy atom. The highest BCUT2D eigenvalue weighted by molar-refractivity contribution is 6.36. The van der Waals surface area contributed by atoms with E-state index >= 15 is 0 Å². The van der Waals surface area contributed by atoms with E-state index in [9.17, 15) is 0 Å². The molecule has 0 N–H and O–H groups in total. The van der Waals surface area contributed by atoms with Crippen LogP contribution < -0.4 is 0 Å². The van der Waals surface area contributed by atoms with Gasteiger partial charge < -0.3 is 0 Å². The van der Waals surface area contributed by atoms with E-state index in [2.05, 4.69) is 9.97 Å². The molecule has 0 amide bonds. The molecule has 0 bridgehead atoms. The average Bonchev–Trinajstić information content (AvgIpc) is 2.04. The molecule has 2 nitrogen and oxygen atoms in total. The van der Waals surface area contributed by atoms with Gasteiger partial charge >= 0.3 is 0 Å². The highest BCUT2D eigenvalue weighted by Crippen LogP contribution is 2.22. The molecule has 0 spiro atoms. The maximum absolute atomic E-state index is 5.83. The first kappa shape index (κ1) is 7.77. The summed E-state index contributed by atoms with van der Waals surface area (Å²) >= 11 is 11.5. The van der Waals surface area contributed by atoms with Crippen molar-refractivity contribution in [2.24, 2.45) is 0 Å². The van der Waals surface area contributed by atoms with Crippen LogP contribution in [0.25, 0.3) is 10.8 Å². The molecule has 12 heavy (non-hydrogen) atoms. The molecule has 0 aromatic carbocycles. The van der Waals surface area contributed by atoms with Crippen molar-refractivity contribution in [3.8, 4) is 0 Å². The molecule has 0 radical (unpaired) electrons. The summed E-state index contributed by atoms with van der Waals surface area (Å²) < 4.78 is 0. The van der Waals surface area contributed by atoms with Gasteiger partial charge in [-0.3, -0.25) is 4.98 Å². The maximum Gasteiger partial charge on any atom is 0.140 e. The number of hydrogen-bond donors (Lipinski definition) is 0. The zero-order valence-electron chi connectivity index (χ0n) is 5.96. The topological polar surface area (TPSA) is 25.8 Å². The Morgan fingerprint density at radius 3 is 2.92 bits per heavy atom. The molecule has 60 valence electrons. The Hall–Kier alpha value is -0.860. The largest absolute Gasteiger partial charge is 0.264 e. The Kier molecular flexibility index (Phi) is 1.87. The summed E-state index contributed by atoms with van der Waals surface area (Å²) in [6, 6.07) is 3.60. The summed E-state index contributed by atoms with van der Waals surface area (Å²) in [5, 5.41) is 2.57. The average molecular weight is 199 g/mol. The molecule has 0 aliphatic rings. The number of halogens is 2. The van der Waals surface area contributed by atoms with Crippen LogP contribution in [-0.4, -0.2) is 9.97 Å². The fraction of sp³-hybridized carbons (Fsp3) is 0. The minimum Gasteiger partial charge on any atom is -0.264 e. The maximum atomic E-state index is 5.83.